The number of unbranched alkanes of at least 4 members (excludes halogenated alkanes) is 1. The molecule has 1 aromatic heterocycles. The average molecular weight is 282 g/mol. The van der Waals surface area contributed by atoms with Gasteiger partial charge in [-0.3, -0.25) is 14.3 Å². The van der Waals surface area contributed by atoms with Crippen molar-refractivity contribution < 1.29 is 4.74 Å². The van der Waals surface area contributed by atoms with Crippen molar-refractivity contribution >= 4 is 11.5 Å². The van der Waals surface area contributed by atoms with Gasteiger partial charge in [-0.1, -0.05) is 13.3 Å². The van der Waals surface area contributed by atoms with Gasteiger partial charge in [0.25, 0.3) is 5.56 Å². The van der Waals surface area contributed by atoms with Crippen LogP contribution in [0.15, 0.2) is 9.59 Å². The summed E-state index contributed by atoms with van der Waals surface area (Å²) in [5, 5.41) is 3.01. The minimum atomic E-state index is -0.474. The maximum atomic E-state index is 11.8. The Balaban J connectivity index is 2.18. The normalized spacial score (nSPS) is 18.4. The molecule has 1 aromatic rings. The molecule has 1 fully saturated rings. The van der Waals surface area contributed by atoms with E-state index in [1.807, 2.05) is 6.92 Å². The van der Waals surface area contributed by atoms with Gasteiger partial charge in [0, 0.05) is 19.7 Å². The van der Waals surface area contributed by atoms with E-state index < -0.39 is 11.2 Å². The van der Waals surface area contributed by atoms with E-state index in [0.29, 0.717) is 13.1 Å². The van der Waals surface area contributed by atoms with Gasteiger partial charge in [0.15, 0.2) is 0 Å². The molecule has 4 N–H and O–H groups in total. The summed E-state index contributed by atoms with van der Waals surface area (Å²) in [6, 6.07) is 0. The largest absolute Gasteiger partial charge is 0.383 e. The molecule has 0 amide bonds. The maximum absolute atomic E-state index is 11.8. The van der Waals surface area contributed by atoms with E-state index in [4.69, 9.17) is 10.5 Å². The van der Waals surface area contributed by atoms with Crippen LogP contribution in [0.3, 0.4) is 0 Å². The summed E-state index contributed by atoms with van der Waals surface area (Å²) in [5.74, 6) is 0.199. The van der Waals surface area contributed by atoms with E-state index in [0.717, 1.165) is 32.3 Å². The van der Waals surface area contributed by atoms with Crippen LogP contribution in [-0.2, 0) is 11.3 Å². The van der Waals surface area contributed by atoms with Gasteiger partial charge in [-0.25, -0.2) is 4.79 Å². The SMILES string of the molecule is CCCCn1c(N)c(NCC2CCCO2)c(=O)[nH]c1=O. The van der Waals surface area contributed by atoms with E-state index in [1.54, 1.807) is 0 Å². The van der Waals surface area contributed by atoms with Crippen LogP contribution in [0.1, 0.15) is 32.6 Å². The van der Waals surface area contributed by atoms with E-state index in [9.17, 15) is 9.59 Å². The number of hydrogen-bond acceptors (Lipinski definition) is 5. The summed E-state index contributed by atoms with van der Waals surface area (Å²) in [6.07, 6.45) is 3.89. The number of nitrogen functional groups attached to an aromatic ring is 1. The number of aromatic amines is 1. The van der Waals surface area contributed by atoms with Gasteiger partial charge in [-0.2, -0.15) is 0 Å². The third-order valence-electron chi connectivity index (χ3n) is 3.51. The van der Waals surface area contributed by atoms with Crippen LogP contribution in [0, 0.1) is 0 Å². The van der Waals surface area contributed by atoms with Crippen molar-refractivity contribution in [1.29, 1.82) is 0 Å². The smallest absolute Gasteiger partial charge is 0.330 e. The van der Waals surface area contributed by atoms with Gasteiger partial charge in [-0.05, 0) is 19.3 Å². The molecule has 0 saturated carbocycles. The van der Waals surface area contributed by atoms with E-state index in [2.05, 4.69) is 10.3 Å². The lowest BCUT2D eigenvalue weighted by Crippen LogP contribution is -2.35. The predicted molar refractivity (Wildman–Crippen MR) is 78.1 cm³/mol. The van der Waals surface area contributed by atoms with Gasteiger partial charge < -0.3 is 15.8 Å². The first-order chi connectivity index (χ1) is 9.63. The van der Waals surface area contributed by atoms with Crippen LogP contribution >= 0.6 is 0 Å². The van der Waals surface area contributed by atoms with Crippen molar-refractivity contribution in [1.82, 2.24) is 9.55 Å². The molecule has 2 rings (SSSR count). The number of nitrogens with two attached hydrogens (primary N) is 1. The molecule has 1 unspecified atom stereocenters. The van der Waals surface area contributed by atoms with Crippen LogP contribution in [0.5, 0.6) is 0 Å². The van der Waals surface area contributed by atoms with Crippen molar-refractivity contribution in [3.05, 3.63) is 20.8 Å². The summed E-state index contributed by atoms with van der Waals surface area (Å²) >= 11 is 0. The highest BCUT2D eigenvalue weighted by molar-refractivity contribution is 5.60. The van der Waals surface area contributed by atoms with Crippen molar-refractivity contribution in [2.24, 2.45) is 0 Å². The zero-order valence-electron chi connectivity index (χ0n) is 11.8. The van der Waals surface area contributed by atoms with Crippen molar-refractivity contribution in [2.45, 2.75) is 45.3 Å². The number of hydrogen-bond donors (Lipinski definition) is 3. The van der Waals surface area contributed by atoms with Gasteiger partial charge in [-0.15, -0.1) is 0 Å². The molecule has 20 heavy (non-hydrogen) atoms. The molecule has 112 valence electrons. The Labute approximate surface area is 117 Å². The Kier molecular flexibility index (Phi) is 4.84. The molecule has 0 bridgehead atoms. The first-order valence-corrected chi connectivity index (χ1v) is 7.11. The number of anilines is 2. The van der Waals surface area contributed by atoms with Crippen molar-refractivity contribution in [2.75, 3.05) is 24.2 Å². The Morgan fingerprint density at radius 2 is 2.30 bits per heavy atom. The third-order valence-corrected chi connectivity index (χ3v) is 3.51. The van der Waals surface area contributed by atoms with Crippen molar-refractivity contribution in [3.8, 4) is 0 Å². The molecule has 0 aliphatic carbocycles. The predicted octanol–water partition coefficient (Wildman–Crippen LogP) is 0.510. The maximum Gasteiger partial charge on any atom is 0.330 e. The van der Waals surface area contributed by atoms with E-state index in [-0.39, 0.29) is 17.6 Å². The monoisotopic (exact) mass is 282 g/mol. The molecule has 1 aliphatic heterocycles. The minimum Gasteiger partial charge on any atom is -0.383 e. The fourth-order valence-corrected chi connectivity index (χ4v) is 2.32. The third kappa shape index (κ3) is 3.22. The minimum absolute atomic E-state index is 0.102. The topological polar surface area (TPSA) is 102 Å². The fraction of sp³-hybridized carbons (Fsp3) is 0.692. The number of H-pyrrole nitrogens is 1. The quantitative estimate of drug-likeness (QED) is 0.705. The zero-order chi connectivity index (χ0) is 14.5. The molecular formula is C13H22N4O3. The summed E-state index contributed by atoms with van der Waals surface area (Å²) in [4.78, 5) is 25.9. The number of nitrogens with zero attached hydrogens (tertiary/aromatic N) is 1. The Morgan fingerprint density at radius 1 is 1.50 bits per heavy atom. The molecular weight excluding hydrogens is 260 g/mol. The number of ether oxygens (including phenoxy) is 1. The van der Waals surface area contributed by atoms with Crippen LogP contribution in [-0.4, -0.2) is 28.8 Å². The van der Waals surface area contributed by atoms with Gasteiger partial charge in [0.1, 0.15) is 11.5 Å². The second-order valence-corrected chi connectivity index (χ2v) is 5.04. The first-order valence-electron chi connectivity index (χ1n) is 7.11. The van der Waals surface area contributed by atoms with Crippen LogP contribution < -0.4 is 22.3 Å². The highest BCUT2D eigenvalue weighted by atomic mass is 16.5. The Hall–Kier alpha value is -1.76. The van der Waals surface area contributed by atoms with Crippen LogP contribution in [0.2, 0.25) is 0 Å². The average Bonchev–Trinajstić information content (AvgIpc) is 2.91. The second kappa shape index (κ2) is 6.60. The highest BCUT2D eigenvalue weighted by Gasteiger charge is 2.17. The highest BCUT2D eigenvalue weighted by Crippen LogP contribution is 2.15. The fourth-order valence-electron chi connectivity index (χ4n) is 2.32. The molecule has 2 heterocycles. The second-order valence-electron chi connectivity index (χ2n) is 5.04. The van der Waals surface area contributed by atoms with Gasteiger partial charge in [0.2, 0.25) is 0 Å². The lowest BCUT2D eigenvalue weighted by molar-refractivity contribution is 0.120. The van der Waals surface area contributed by atoms with Gasteiger partial charge in [0.05, 0.1) is 6.10 Å². The molecule has 1 atom stereocenters. The molecule has 0 aromatic carbocycles. The molecule has 0 radical (unpaired) electrons. The molecule has 1 saturated heterocycles. The van der Waals surface area contributed by atoms with Crippen molar-refractivity contribution in [3.63, 3.8) is 0 Å². The summed E-state index contributed by atoms with van der Waals surface area (Å²) in [5.41, 5.74) is 5.28. The molecule has 7 nitrogen and oxygen atoms in total. The summed E-state index contributed by atoms with van der Waals surface area (Å²) < 4.78 is 6.89. The number of rotatable bonds is 6. The standard InChI is InChI=1S/C13H22N4O3/c1-2-3-6-17-11(14)10(12(18)16-13(17)19)15-8-9-5-4-7-20-9/h9,15H,2-8,14H2,1H3,(H,16,18,19). The first kappa shape index (κ1) is 14.6. The lowest BCUT2D eigenvalue weighted by Gasteiger charge is -2.15. The number of aromatic nitrogens is 2. The van der Waals surface area contributed by atoms with Crippen LogP contribution in [0.4, 0.5) is 11.5 Å². The molecule has 7 heteroatoms. The lowest BCUT2D eigenvalue weighted by atomic mass is 10.2. The summed E-state index contributed by atoms with van der Waals surface area (Å²) in [7, 11) is 0. The summed E-state index contributed by atoms with van der Waals surface area (Å²) in [6.45, 7) is 3.82. The van der Waals surface area contributed by atoms with Gasteiger partial charge >= 0.3 is 5.69 Å². The molecule has 1 aliphatic rings. The molecule has 0 spiro atoms. The Morgan fingerprint density at radius 3 is 2.95 bits per heavy atom. The van der Waals surface area contributed by atoms with E-state index >= 15 is 0 Å². The van der Waals surface area contributed by atoms with Crippen LogP contribution in [0.25, 0.3) is 0 Å². The van der Waals surface area contributed by atoms with E-state index in [1.165, 1.54) is 4.57 Å². The zero-order valence-corrected chi connectivity index (χ0v) is 11.8. The Bertz CT molecular complexity index is 558. The number of nitrogens with one attached hydrogen (secondary N) is 2.